The molecule has 18 heteroatoms. The zero-order valence-electron chi connectivity index (χ0n) is 29.6. The SMILES string of the molecule is Nc1ncc(-c2cc(N3CCOCC3)cc(S(=O)(=O)C(F)(F)c3ccccc3)c2)cn1.O=S(=O)(c1cc(Br)cc(N2CCOCC2)c1)C(F)(F)c1ccccc1. The Kier molecular flexibility index (Phi) is 12.3. The van der Waals surface area contributed by atoms with Crippen molar-refractivity contribution in [2.24, 2.45) is 0 Å². The maximum Gasteiger partial charge on any atom is 0.375 e. The summed E-state index contributed by atoms with van der Waals surface area (Å²) in [6, 6.07) is 21.5. The van der Waals surface area contributed by atoms with Crippen LogP contribution < -0.4 is 15.5 Å². The first-order chi connectivity index (χ1) is 26.6. The number of nitrogen functional groups attached to an aromatic ring is 1. The number of rotatable bonds is 9. The molecule has 1 aromatic heterocycles. The highest BCUT2D eigenvalue weighted by Gasteiger charge is 2.49. The molecule has 3 heterocycles. The first-order valence-electron chi connectivity index (χ1n) is 17.2. The van der Waals surface area contributed by atoms with Gasteiger partial charge in [-0.2, -0.15) is 17.6 Å². The van der Waals surface area contributed by atoms with Crippen LogP contribution >= 0.6 is 15.9 Å². The molecule has 0 saturated carbocycles. The molecule has 4 aromatic carbocycles. The van der Waals surface area contributed by atoms with E-state index in [4.69, 9.17) is 15.2 Å². The van der Waals surface area contributed by atoms with Gasteiger partial charge in [0.15, 0.2) is 0 Å². The Bertz CT molecular complexity index is 2350. The van der Waals surface area contributed by atoms with Gasteiger partial charge in [-0.15, -0.1) is 0 Å². The van der Waals surface area contributed by atoms with Crippen molar-refractivity contribution in [2.45, 2.75) is 20.3 Å². The van der Waals surface area contributed by atoms with Crippen molar-refractivity contribution >= 4 is 52.9 Å². The molecule has 0 bridgehead atoms. The van der Waals surface area contributed by atoms with Crippen LogP contribution in [0.4, 0.5) is 34.9 Å². The molecule has 7 rings (SSSR count). The number of nitrogens with zero attached hydrogens (tertiary/aromatic N) is 4. The fourth-order valence-electron chi connectivity index (χ4n) is 5.97. The topological polar surface area (TPSA) is 145 Å². The summed E-state index contributed by atoms with van der Waals surface area (Å²) in [5.74, 6) is 0.0524. The fraction of sp³-hybridized carbons (Fsp3) is 0.263. The van der Waals surface area contributed by atoms with Crippen LogP contribution in [0, 0.1) is 0 Å². The Hall–Kier alpha value is -4.62. The molecule has 0 atom stereocenters. The molecule has 56 heavy (non-hydrogen) atoms. The number of aromatic nitrogens is 2. The molecular weight excluding hydrogens is 842 g/mol. The molecule has 2 N–H and O–H groups in total. The lowest BCUT2D eigenvalue weighted by molar-refractivity contribution is 0.0903. The minimum absolute atomic E-state index is 0.0524. The monoisotopic (exact) mass is 877 g/mol. The van der Waals surface area contributed by atoms with Crippen molar-refractivity contribution in [1.29, 1.82) is 0 Å². The quantitative estimate of drug-likeness (QED) is 0.155. The van der Waals surface area contributed by atoms with Crippen molar-refractivity contribution < 1.29 is 43.9 Å². The Labute approximate surface area is 330 Å². The number of hydrogen-bond donors (Lipinski definition) is 1. The number of alkyl halides is 4. The van der Waals surface area contributed by atoms with E-state index in [0.717, 1.165) is 24.3 Å². The van der Waals surface area contributed by atoms with Gasteiger partial charge in [0, 0.05) is 71.1 Å². The van der Waals surface area contributed by atoms with Crippen LogP contribution in [0.2, 0.25) is 0 Å². The summed E-state index contributed by atoms with van der Waals surface area (Å²) >= 11 is 3.23. The van der Waals surface area contributed by atoms with Gasteiger partial charge in [0.05, 0.1) is 36.2 Å². The number of benzene rings is 4. The van der Waals surface area contributed by atoms with Crippen molar-refractivity contribution in [3.63, 3.8) is 0 Å². The van der Waals surface area contributed by atoms with Crippen LogP contribution in [0.25, 0.3) is 11.1 Å². The highest BCUT2D eigenvalue weighted by atomic mass is 79.9. The molecule has 0 aliphatic carbocycles. The van der Waals surface area contributed by atoms with E-state index in [1.54, 1.807) is 24.3 Å². The van der Waals surface area contributed by atoms with Crippen LogP contribution in [-0.2, 0) is 39.7 Å². The zero-order chi connectivity index (χ0) is 40.1. The first-order valence-corrected chi connectivity index (χ1v) is 20.9. The fourth-order valence-corrected chi connectivity index (χ4v) is 9.21. The third kappa shape index (κ3) is 8.68. The summed E-state index contributed by atoms with van der Waals surface area (Å²) in [5, 5.41) is -8.12. The molecule has 2 saturated heterocycles. The van der Waals surface area contributed by atoms with Crippen molar-refractivity contribution in [3.05, 3.63) is 125 Å². The lowest BCUT2D eigenvalue weighted by Gasteiger charge is -2.30. The third-order valence-electron chi connectivity index (χ3n) is 9.02. The molecule has 0 spiro atoms. The predicted octanol–water partition coefficient (Wildman–Crippen LogP) is 6.89. The number of morpholine rings is 2. The maximum absolute atomic E-state index is 15.1. The summed E-state index contributed by atoms with van der Waals surface area (Å²) < 4.78 is 122. The summed E-state index contributed by atoms with van der Waals surface area (Å²) in [5.41, 5.74) is 6.31. The van der Waals surface area contributed by atoms with Gasteiger partial charge in [-0.05, 0) is 42.0 Å². The van der Waals surface area contributed by atoms with E-state index in [1.165, 1.54) is 60.9 Å². The van der Waals surface area contributed by atoms with Crippen LogP contribution in [-0.4, -0.2) is 79.4 Å². The average Bonchev–Trinajstić information content (AvgIpc) is 3.22. The second-order valence-electron chi connectivity index (χ2n) is 12.7. The highest BCUT2D eigenvalue weighted by molar-refractivity contribution is 9.10. The van der Waals surface area contributed by atoms with Gasteiger partial charge in [0.25, 0.3) is 0 Å². The summed E-state index contributed by atoms with van der Waals surface area (Å²) in [6.07, 6.45) is 2.85. The second-order valence-corrected chi connectivity index (χ2v) is 17.6. The van der Waals surface area contributed by atoms with E-state index in [9.17, 15) is 25.6 Å². The number of nitrogens with two attached hydrogens (primary N) is 1. The first kappa shape index (κ1) is 41.0. The van der Waals surface area contributed by atoms with Gasteiger partial charge < -0.3 is 25.0 Å². The molecule has 2 aliphatic heterocycles. The molecule has 0 unspecified atom stereocenters. The highest BCUT2D eigenvalue weighted by Crippen LogP contribution is 2.42. The smallest absolute Gasteiger partial charge is 0.375 e. The number of sulfone groups is 2. The van der Waals surface area contributed by atoms with E-state index < -0.39 is 51.1 Å². The molecule has 0 radical (unpaired) electrons. The van der Waals surface area contributed by atoms with Crippen LogP contribution in [0.1, 0.15) is 11.1 Å². The van der Waals surface area contributed by atoms with E-state index in [1.807, 2.05) is 9.80 Å². The predicted molar refractivity (Wildman–Crippen MR) is 207 cm³/mol. The zero-order valence-corrected chi connectivity index (χ0v) is 32.8. The minimum Gasteiger partial charge on any atom is -0.378 e. The van der Waals surface area contributed by atoms with E-state index in [-0.39, 0.29) is 5.95 Å². The molecule has 296 valence electrons. The summed E-state index contributed by atoms with van der Waals surface area (Å²) in [4.78, 5) is 10.7. The normalized spacial score (nSPS) is 15.5. The van der Waals surface area contributed by atoms with Crippen LogP contribution in [0.15, 0.2) is 124 Å². The Balaban J connectivity index is 0.000000194. The number of anilines is 3. The van der Waals surface area contributed by atoms with Crippen molar-refractivity contribution in [1.82, 2.24) is 9.97 Å². The van der Waals surface area contributed by atoms with Crippen molar-refractivity contribution in [3.8, 4) is 11.1 Å². The summed E-state index contributed by atoms with van der Waals surface area (Å²) in [7, 11) is -9.94. The molecule has 0 amide bonds. The largest absolute Gasteiger partial charge is 0.378 e. The van der Waals surface area contributed by atoms with Crippen LogP contribution in [0.5, 0.6) is 0 Å². The van der Waals surface area contributed by atoms with E-state index >= 15 is 8.78 Å². The van der Waals surface area contributed by atoms with Crippen LogP contribution in [0.3, 0.4) is 0 Å². The molecular formula is C38H36BrF4N5O6S2. The average molecular weight is 879 g/mol. The van der Waals surface area contributed by atoms with Gasteiger partial charge in [0.1, 0.15) is 0 Å². The second kappa shape index (κ2) is 16.9. The van der Waals surface area contributed by atoms with E-state index in [2.05, 4.69) is 25.9 Å². The maximum atomic E-state index is 15.1. The van der Waals surface area contributed by atoms with Gasteiger partial charge in [0.2, 0.25) is 25.6 Å². The van der Waals surface area contributed by atoms with Crippen molar-refractivity contribution in [2.75, 3.05) is 68.1 Å². The van der Waals surface area contributed by atoms with Gasteiger partial charge in [-0.3, -0.25) is 0 Å². The molecule has 2 fully saturated rings. The Morgan fingerprint density at radius 1 is 0.589 bits per heavy atom. The third-order valence-corrected chi connectivity index (χ3v) is 13.0. The number of halogens is 5. The molecule has 11 nitrogen and oxygen atoms in total. The number of hydrogen-bond acceptors (Lipinski definition) is 11. The van der Waals surface area contributed by atoms with Gasteiger partial charge in [-0.1, -0.05) is 76.6 Å². The van der Waals surface area contributed by atoms with Gasteiger partial charge >= 0.3 is 10.5 Å². The number of ether oxygens (including phenoxy) is 2. The lowest BCUT2D eigenvalue weighted by atomic mass is 10.1. The lowest BCUT2D eigenvalue weighted by Crippen LogP contribution is -2.36. The standard InChI is InChI=1S/C21H20F2N4O3S.C17H16BrF2NO3S/c22-21(23,17-4-2-1-3-5-17)31(28,29)19-11-15(16-13-25-20(24)26-14-16)10-18(12-19)27-6-8-30-9-7-27;18-14-10-15(21-6-8-24-9-7-21)12-16(11-14)25(22,23)17(19,20)13-4-2-1-3-5-13/h1-5,10-14H,6-9H2,(H2,24,25,26);1-5,10-12H,6-9H2. The van der Waals surface area contributed by atoms with Gasteiger partial charge in [-0.25, -0.2) is 26.8 Å². The summed E-state index contributed by atoms with van der Waals surface area (Å²) in [6.45, 7) is 4.10. The van der Waals surface area contributed by atoms with E-state index in [0.29, 0.717) is 79.6 Å². The minimum atomic E-state index is -5.05. The Morgan fingerprint density at radius 3 is 1.45 bits per heavy atom. The molecule has 2 aliphatic rings. The Morgan fingerprint density at radius 2 is 1.00 bits per heavy atom. The molecule has 5 aromatic rings.